The second-order valence-electron chi connectivity index (χ2n) is 4.24. The molecule has 90 valence electrons. The van der Waals surface area contributed by atoms with Gasteiger partial charge in [-0.15, -0.1) is 0 Å². The zero-order valence-electron chi connectivity index (χ0n) is 9.43. The summed E-state index contributed by atoms with van der Waals surface area (Å²) in [5.41, 5.74) is 1.64. The average Bonchev–Trinajstić information content (AvgIpc) is 2.39. The van der Waals surface area contributed by atoms with Gasteiger partial charge in [-0.3, -0.25) is 14.5 Å². The van der Waals surface area contributed by atoms with Gasteiger partial charge >= 0.3 is 0 Å². The number of hydrogen-bond donors (Lipinski definition) is 2. The first kappa shape index (κ1) is 10.7. The molecule has 2 aliphatic rings. The van der Waals surface area contributed by atoms with Crippen LogP contribution in [0.4, 0.5) is 11.4 Å². The number of carbonyl (C=O) groups is 2. The van der Waals surface area contributed by atoms with Crippen molar-refractivity contribution >= 4 is 23.2 Å². The van der Waals surface area contributed by atoms with Crippen molar-refractivity contribution in [2.75, 3.05) is 23.3 Å². The third-order valence-electron chi connectivity index (χ3n) is 3.14. The molecule has 1 saturated heterocycles. The smallest absolute Gasteiger partial charge is 0.248 e. The lowest BCUT2D eigenvalue weighted by atomic mass is 10.0. The molecule has 2 aliphatic heterocycles. The molecule has 18 heavy (non-hydrogen) atoms. The number of rotatable bonds is 0. The van der Waals surface area contributed by atoms with Gasteiger partial charge in [0.15, 0.2) is 0 Å². The molecule has 1 aromatic rings. The maximum Gasteiger partial charge on any atom is 0.248 e. The third-order valence-corrected chi connectivity index (χ3v) is 3.14. The van der Waals surface area contributed by atoms with Crippen LogP contribution < -0.4 is 15.5 Å². The van der Waals surface area contributed by atoms with Gasteiger partial charge < -0.3 is 10.6 Å². The van der Waals surface area contributed by atoms with Crippen molar-refractivity contribution in [2.24, 2.45) is 0 Å². The summed E-state index contributed by atoms with van der Waals surface area (Å²) in [5, 5.41) is 14.6. The summed E-state index contributed by atoms with van der Waals surface area (Å²) in [6.45, 7) is 0.633. The Balaban J connectivity index is 2.14. The van der Waals surface area contributed by atoms with Gasteiger partial charge in [0, 0.05) is 6.54 Å². The van der Waals surface area contributed by atoms with Gasteiger partial charge in [-0.25, -0.2) is 0 Å². The summed E-state index contributed by atoms with van der Waals surface area (Å²) in [4.78, 5) is 25.3. The molecule has 1 unspecified atom stereocenters. The average molecular weight is 242 g/mol. The molecule has 0 aromatic heterocycles. The van der Waals surface area contributed by atoms with Crippen molar-refractivity contribution in [3.63, 3.8) is 0 Å². The molecule has 0 bridgehead atoms. The number of nitrogens with one attached hydrogen (secondary N) is 2. The summed E-state index contributed by atoms with van der Waals surface area (Å²) in [5.74, 6) is -0.356. The summed E-state index contributed by atoms with van der Waals surface area (Å²) in [6.07, 6.45) is 0. The molecule has 1 aromatic carbocycles. The first-order valence-corrected chi connectivity index (χ1v) is 5.58. The molecule has 6 heteroatoms. The highest BCUT2D eigenvalue weighted by atomic mass is 16.2. The highest BCUT2D eigenvalue weighted by molar-refractivity contribution is 6.13. The highest BCUT2D eigenvalue weighted by Crippen LogP contribution is 2.33. The largest absolute Gasteiger partial charge is 0.322 e. The Labute approximate surface area is 103 Å². The predicted molar refractivity (Wildman–Crippen MR) is 63.9 cm³/mol. The summed E-state index contributed by atoms with van der Waals surface area (Å²) in [6, 6.07) is 6.40. The zero-order chi connectivity index (χ0) is 12.7. The monoisotopic (exact) mass is 242 g/mol. The fraction of sp³-hybridized carbons (Fsp3) is 0.250. The van der Waals surface area contributed by atoms with Gasteiger partial charge in [-0.05, 0) is 18.2 Å². The Morgan fingerprint density at radius 2 is 2.22 bits per heavy atom. The maximum absolute atomic E-state index is 11.9. The molecule has 0 radical (unpaired) electrons. The number of nitriles is 1. The minimum Gasteiger partial charge on any atom is -0.322 e. The van der Waals surface area contributed by atoms with E-state index >= 15 is 0 Å². The van der Waals surface area contributed by atoms with Gasteiger partial charge in [0.05, 0.1) is 29.6 Å². The molecule has 3 rings (SSSR count). The lowest BCUT2D eigenvalue weighted by Gasteiger charge is -2.39. The van der Waals surface area contributed by atoms with E-state index in [9.17, 15) is 9.59 Å². The van der Waals surface area contributed by atoms with Crippen LogP contribution in [0.15, 0.2) is 18.2 Å². The Morgan fingerprint density at radius 3 is 3.00 bits per heavy atom. The lowest BCUT2D eigenvalue weighted by Crippen LogP contribution is -2.61. The SMILES string of the molecule is N#Cc1ccc2c(c1)N1C(=O)CNCC1C(=O)N2. The van der Waals surface area contributed by atoms with Crippen molar-refractivity contribution in [1.29, 1.82) is 5.26 Å². The molecule has 0 aliphatic carbocycles. The Hall–Kier alpha value is -2.39. The molecule has 2 amide bonds. The standard InChI is InChI=1S/C12H10N4O2/c13-4-7-1-2-8-9(3-7)16-10(12(18)15-8)5-14-6-11(16)17/h1-3,10,14H,5-6H2,(H,15,18). The molecule has 2 N–H and O–H groups in total. The Morgan fingerprint density at radius 1 is 1.39 bits per heavy atom. The summed E-state index contributed by atoms with van der Waals surface area (Å²) in [7, 11) is 0. The van der Waals surface area contributed by atoms with Crippen molar-refractivity contribution in [3.05, 3.63) is 23.8 Å². The lowest BCUT2D eigenvalue weighted by molar-refractivity contribution is -0.124. The Bertz CT molecular complexity index is 590. The van der Waals surface area contributed by atoms with Gasteiger partial charge in [-0.2, -0.15) is 5.26 Å². The van der Waals surface area contributed by atoms with E-state index in [1.807, 2.05) is 6.07 Å². The van der Waals surface area contributed by atoms with E-state index < -0.39 is 6.04 Å². The number of amides is 2. The number of nitrogens with zero attached hydrogens (tertiary/aromatic N) is 2. The van der Waals surface area contributed by atoms with Crippen LogP contribution in [-0.4, -0.2) is 30.9 Å². The summed E-state index contributed by atoms with van der Waals surface area (Å²) >= 11 is 0. The van der Waals surface area contributed by atoms with E-state index in [0.717, 1.165) is 0 Å². The maximum atomic E-state index is 11.9. The van der Waals surface area contributed by atoms with Crippen molar-refractivity contribution in [2.45, 2.75) is 6.04 Å². The summed E-state index contributed by atoms with van der Waals surface area (Å²) < 4.78 is 0. The second kappa shape index (κ2) is 3.82. The van der Waals surface area contributed by atoms with E-state index in [2.05, 4.69) is 10.6 Å². The Kier molecular flexibility index (Phi) is 2.28. The third kappa shape index (κ3) is 1.45. The molecule has 2 heterocycles. The zero-order valence-corrected chi connectivity index (χ0v) is 9.43. The van der Waals surface area contributed by atoms with Crippen LogP contribution in [0.3, 0.4) is 0 Å². The minimum absolute atomic E-state index is 0.155. The first-order valence-electron chi connectivity index (χ1n) is 5.58. The van der Waals surface area contributed by atoms with Gasteiger partial charge in [0.2, 0.25) is 11.8 Å². The van der Waals surface area contributed by atoms with Gasteiger partial charge in [-0.1, -0.05) is 0 Å². The topological polar surface area (TPSA) is 85.2 Å². The predicted octanol–water partition coefficient (Wildman–Crippen LogP) is -0.185. The first-order chi connectivity index (χ1) is 8.70. The van der Waals surface area contributed by atoms with Gasteiger partial charge in [0.25, 0.3) is 0 Å². The van der Waals surface area contributed by atoms with E-state index in [4.69, 9.17) is 5.26 Å². The van der Waals surface area contributed by atoms with Crippen LogP contribution in [0.5, 0.6) is 0 Å². The fourth-order valence-electron chi connectivity index (χ4n) is 2.30. The van der Waals surface area contributed by atoms with Crippen LogP contribution in [0.1, 0.15) is 5.56 Å². The number of hydrogen-bond acceptors (Lipinski definition) is 4. The number of carbonyl (C=O) groups excluding carboxylic acids is 2. The van der Waals surface area contributed by atoms with Crippen molar-refractivity contribution in [1.82, 2.24) is 5.32 Å². The van der Waals surface area contributed by atoms with E-state index in [1.54, 1.807) is 18.2 Å². The van der Waals surface area contributed by atoms with Crippen molar-refractivity contribution < 1.29 is 9.59 Å². The molecular formula is C12H10N4O2. The normalized spacial score (nSPS) is 21.7. The number of benzene rings is 1. The molecule has 1 fully saturated rings. The van der Waals surface area contributed by atoms with Crippen LogP contribution >= 0.6 is 0 Å². The van der Waals surface area contributed by atoms with Crippen LogP contribution in [0, 0.1) is 11.3 Å². The number of fused-ring (bicyclic) bond motifs is 3. The minimum atomic E-state index is -0.535. The molecule has 0 saturated carbocycles. The van der Waals surface area contributed by atoms with Crippen LogP contribution in [0.25, 0.3) is 0 Å². The van der Waals surface area contributed by atoms with E-state index in [0.29, 0.717) is 23.5 Å². The second-order valence-corrected chi connectivity index (χ2v) is 4.24. The quantitative estimate of drug-likeness (QED) is 0.660. The fourth-order valence-corrected chi connectivity index (χ4v) is 2.30. The van der Waals surface area contributed by atoms with Crippen LogP contribution in [0.2, 0.25) is 0 Å². The van der Waals surface area contributed by atoms with E-state index in [-0.39, 0.29) is 18.4 Å². The van der Waals surface area contributed by atoms with Gasteiger partial charge in [0.1, 0.15) is 6.04 Å². The van der Waals surface area contributed by atoms with Crippen LogP contribution in [-0.2, 0) is 9.59 Å². The highest BCUT2D eigenvalue weighted by Gasteiger charge is 2.39. The molecule has 0 spiro atoms. The van der Waals surface area contributed by atoms with E-state index in [1.165, 1.54) is 4.90 Å². The van der Waals surface area contributed by atoms with Crippen molar-refractivity contribution in [3.8, 4) is 6.07 Å². The molecule has 1 atom stereocenters. The molecular weight excluding hydrogens is 232 g/mol. The number of piperazine rings is 1. The number of anilines is 2. The molecule has 6 nitrogen and oxygen atoms in total.